The van der Waals surface area contributed by atoms with E-state index in [1.165, 1.54) is 0 Å². The quantitative estimate of drug-likeness (QED) is 0.607. The van der Waals surface area contributed by atoms with E-state index in [1.807, 2.05) is 0 Å². The lowest BCUT2D eigenvalue weighted by atomic mass is 9.90. The molecule has 1 aliphatic rings. The van der Waals surface area contributed by atoms with Crippen LogP contribution in [0.1, 0.15) is 25.7 Å². The fraction of sp³-hybridized carbons (Fsp3) is 0.833. The van der Waals surface area contributed by atoms with Crippen molar-refractivity contribution in [2.24, 2.45) is 5.92 Å². The van der Waals surface area contributed by atoms with Crippen LogP contribution in [0.4, 0.5) is 0 Å². The van der Waals surface area contributed by atoms with Gasteiger partial charge in [0.1, 0.15) is 6.04 Å². The molecule has 1 aliphatic heterocycles. The molecule has 3 N–H and O–H groups in total. The molecule has 1 fully saturated rings. The van der Waals surface area contributed by atoms with Gasteiger partial charge in [-0.05, 0) is 32.2 Å². The van der Waals surface area contributed by atoms with E-state index >= 15 is 0 Å². The Morgan fingerprint density at radius 1 is 1.39 bits per heavy atom. The summed E-state index contributed by atoms with van der Waals surface area (Å²) in [6.07, 6.45) is 2.46. The zero-order valence-electron chi connectivity index (χ0n) is 10.8. The number of carbonyl (C=O) groups is 2. The van der Waals surface area contributed by atoms with Gasteiger partial charge in [-0.1, -0.05) is 0 Å². The second-order valence-electron chi connectivity index (χ2n) is 4.71. The van der Waals surface area contributed by atoms with Crippen LogP contribution in [-0.2, 0) is 9.59 Å². The Bertz CT molecular complexity index is 288. The fourth-order valence-electron chi connectivity index (χ4n) is 2.35. The Labute approximate surface area is 107 Å². The van der Waals surface area contributed by atoms with Gasteiger partial charge < -0.3 is 20.4 Å². The number of nitrogens with one attached hydrogen (secondary N) is 1. The van der Waals surface area contributed by atoms with E-state index in [4.69, 9.17) is 10.2 Å². The summed E-state index contributed by atoms with van der Waals surface area (Å²) in [5.41, 5.74) is 0. The maximum atomic E-state index is 11.6. The summed E-state index contributed by atoms with van der Waals surface area (Å²) >= 11 is 0. The smallest absolute Gasteiger partial charge is 0.320 e. The monoisotopic (exact) mass is 258 g/mol. The number of aliphatic carboxylic acids is 1. The van der Waals surface area contributed by atoms with Crippen molar-refractivity contribution in [3.8, 4) is 0 Å². The molecule has 0 aromatic heterocycles. The van der Waals surface area contributed by atoms with E-state index in [0.29, 0.717) is 25.4 Å². The van der Waals surface area contributed by atoms with Crippen LogP contribution in [0.3, 0.4) is 0 Å². The largest absolute Gasteiger partial charge is 0.480 e. The first-order valence-electron chi connectivity index (χ1n) is 6.37. The number of carboxylic acid groups (broad SMARTS) is 1. The Morgan fingerprint density at radius 3 is 2.44 bits per heavy atom. The van der Waals surface area contributed by atoms with E-state index in [0.717, 1.165) is 12.8 Å². The summed E-state index contributed by atoms with van der Waals surface area (Å²) in [7, 11) is 1.65. The Balaban J connectivity index is 2.35. The first kappa shape index (κ1) is 14.9. The predicted octanol–water partition coefficient (Wildman–Crippen LogP) is -0.330. The minimum atomic E-state index is -0.823. The van der Waals surface area contributed by atoms with Crippen molar-refractivity contribution >= 4 is 11.9 Å². The molecule has 1 amide bonds. The van der Waals surface area contributed by atoms with E-state index in [2.05, 4.69) is 5.32 Å². The molecule has 1 atom stereocenters. The van der Waals surface area contributed by atoms with Gasteiger partial charge in [-0.2, -0.15) is 0 Å². The molecule has 0 radical (unpaired) electrons. The zero-order chi connectivity index (χ0) is 13.5. The number of carbonyl (C=O) groups excluding carboxylic acids is 1. The number of hydrogen-bond donors (Lipinski definition) is 3. The minimum Gasteiger partial charge on any atom is -0.480 e. The number of piperidine rings is 1. The average Bonchev–Trinajstić information content (AvgIpc) is 2.36. The maximum absolute atomic E-state index is 11.6. The van der Waals surface area contributed by atoms with E-state index < -0.39 is 12.0 Å². The van der Waals surface area contributed by atoms with Crippen LogP contribution in [0, 0.1) is 5.92 Å². The van der Waals surface area contributed by atoms with E-state index in [1.54, 1.807) is 11.9 Å². The van der Waals surface area contributed by atoms with Gasteiger partial charge >= 0.3 is 5.97 Å². The van der Waals surface area contributed by atoms with Gasteiger partial charge in [0.05, 0.1) is 6.61 Å². The van der Waals surface area contributed by atoms with Crippen molar-refractivity contribution in [1.82, 2.24) is 10.2 Å². The number of carboxylic acids is 1. The number of aliphatic hydroxyl groups excluding tert-OH is 1. The fourth-order valence-corrected chi connectivity index (χ4v) is 2.35. The second-order valence-corrected chi connectivity index (χ2v) is 4.71. The van der Waals surface area contributed by atoms with Crippen LogP contribution in [0.25, 0.3) is 0 Å². The molecule has 0 saturated carbocycles. The highest BCUT2D eigenvalue weighted by Gasteiger charge is 2.26. The minimum absolute atomic E-state index is 0.0145. The molecule has 6 heteroatoms. The predicted molar refractivity (Wildman–Crippen MR) is 66.1 cm³/mol. The molecule has 0 aromatic rings. The third-order valence-corrected chi connectivity index (χ3v) is 3.51. The van der Waals surface area contributed by atoms with Crippen molar-refractivity contribution in [2.75, 3.05) is 26.7 Å². The highest BCUT2D eigenvalue weighted by Crippen LogP contribution is 2.22. The zero-order valence-corrected chi connectivity index (χ0v) is 10.8. The maximum Gasteiger partial charge on any atom is 0.320 e. The Morgan fingerprint density at radius 2 is 2.00 bits per heavy atom. The van der Waals surface area contributed by atoms with E-state index in [-0.39, 0.29) is 18.9 Å². The van der Waals surface area contributed by atoms with Crippen LogP contribution >= 0.6 is 0 Å². The first-order chi connectivity index (χ1) is 8.58. The lowest BCUT2D eigenvalue weighted by Gasteiger charge is -2.33. The number of likely N-dealkylation sites (N-methyl/N-ethyl adjacent to an activating group) is 1. The van der Waals surface area contributed by atoms with Gasteiger partial charge in [0, 0.05) is 19.5 Å². The summed E-state index contributed by atoms with van der Waals surface area (Å²) in [6.45, 7) is 1.22. The third-order valence-electron chi connectivity index (χ3n) is 3.51. The average molecular weight is 258 g/mol. The molecule has 0 spiro atoms. The van der Waals surface area contributed by atoms with Gasteiger partial charge in [-0.25, -0.2) is 0 Å². The summed E-state index contributed by atoms with van der Waals surface area (Å²) in [5, 5.41) is 20.5. The van der Waals surface area contributed by atoms with Crippen LogP contribution in [0.5, 0.6) is 0 Å². The number of hydrogen-bond acceptors (Lipinski definition) is 4. The Kier molecular flexibility index (Phi) is 6.07. The van der Waals surface area contributed by atoms with Crippen molar-refractivity contribution in [1.29, 1.82) is 0 Å². The third kappa shape index (κ3) is 4.27. The molecule has 18 heavy (non-hydrogen) atoms. The van der Waals surface area contributed by atoms with Crippen LogP contribution in [0.2, 0.25) is 0 Å². The van der Waals surface area contributed by atoms with Gasteiger partial charge in [0.15, 0.2) is 0 Å². The molecular weight excluding hydrogens is 236 g/mol. The second kappa shape index (κ2) is 7.33. The van der Waals surface area contributed by atoms with Crippen LogP contribution < -0.4 is 5.32 Å². The highest BCUT2D eigenvalue weighted by molar-refractivity contribution is 5.76. The van der Waals surface area contributed by atoms with Gasteiger partial charge in [0.25, 0.3) is 0 Å². The molecule has 1 unspecified atom stereocenters. The molecular formula is C12H22N2O4. The molecule has 1 saturated heterocycles. The van der Waals surface area contributed by atoms with Gasteiger partial charge in [-0.3, -0.25) is 9.59 Å². The summed E-state index contributed by atoms with van der Waals surface area (Å²) in [5.74, 6) is -0.493. The molecule has 104 valence electrons. The molecule has 1 heterocycles. The highest BCUT2D eigenvalue weighted by atomic mass is 16.4. The molecule has 0 aromatic carbocycles. The first-order valence-corrected chi connectivity index (χ1v) is 6.37. The molecule has 1 rings (SSSR count). The van der Waals surface area contributed by atoms with Crippen molar-refractivity contribution < 1.29 is 19.8 Å². The topological polar surface area (TPSA) is 89.9 Å². The number of amides is 1. The van der Waals surface area contributed by atoms with Gasteiger partial charge in [-0.15, -0.1) is 0 Å². The normalized spacial score (nSPS) is 18.7. The van der Waals surface area contributed by atoms with Gasteiger partial charge in [0.2, 0.25) is 5.91 Å². The Hall–Kier alpha value is -1.14. The van der Waals surface area contributed by atoms with Crippen LogP contribution in [-0.4, -0.2) is 59.8 Å². The number of nitrogens with zero attached hydrogens (tertiary/aromatic N) is 1. The summed E-state index contributed by atoms with van der Waals surface area (Å²) in [4.78, 5) is 24.2. The lowest BCUT2D eigenvalue weighted by Crippen LogP contribution is -2.42. The van der Waals surface area contributed by atoms with E-state index in [9.17, 15) is 9.59 Å². The number of aliphatic hydroxyl groups is 1. The van der Waals surface area contributed by atoms with Crippen molar-refractivity contribution in [3.05, 3.63) is 0 Å². The van der Waals surface area contributed by atoms with Crippen molar-refractivity contribution in [2.45, 2.75) is 31.7 Å². The molecule has 6 nitrogen and oxygen atoms in total. The lowest BCUT2D eigenvalue weighted by molar-refractivity contribution is -0.140. The SMILES string of the molecule is CNC(CC1CCN(C(=O)CCO)CC1)C(=O)O. The van der Waals surface area contributed by atoms with Crippen molar-refractivity contribution in [3.63, 3.8) is 0 Å². The number of likely N-dealkylation sites (tertiary alicyclic amines) is 1. The van der Waals surface area contributed by atoms with Crippen LogP contribution in [0.15, 0.2) is 0 Å². The standard InChI is InChI=1S/C12H22N2O4/c1-13-10(12(17)18)8-9-2-5-14(6-3-9)11(16)4-7-15/h9-10,13,15H,2-8H2,1H3,(H,17,18). The molecule has 0 aliphatic carbocycles. The summed E-state index contributed by atoms with van der Waals surface area (Å²) < 4.78 is 0. The number of rotatable bonds is 6. The molecule has 0 bridgehead atoms. The summed E-state index contributed by atoms with van der Waals surface area (Å²) in [6, 6.07) is -0.505.